The summed E-state index contributed by atoms with van der Waals surface area (Å²) in [4.78, 5) is 39.3. The molecule has 156 valence electrons. The number of nitrogens with one attached hydrogen (secondary N) is 2. The molecule has 32 heavy (non-hydrogen) atoms. The van der Waals surface area contributed by atoms with E-state index in [1.165, 1.54) is 10.9 Å². The van der Waals surface area contributed by atoms with Gasteiger partial charge in [-0.15, -0.1) is 0 Å². The summed E-state index contributed by atoms with van der Waals surface area (Å²) in [5, 5.41) is 0.438. The molecular formula is C23H16N6O2S. The normalized spacial score (nSPS) is 11.1. The number of hydrogen-bond donors (Lipinski definition) is 2. The fourth-order valence-corrected chi connectivity index (χ4v) is 4.27. The van der Waals surface area contributed by atoms with Gasteiger partial charge in [0.1, 0.15) is 0 Å². The Morgan fingerprint density at radius 2 is 1.72 bits per heavy atom. The molecule has 0 atom stereocenters. The summed E-state index contributed by atoms with van der Waals surface area (Å²) in [6.45, 7) is 8.13. The maximum Gasteiger partial charge on any atom is 0.328 e. The lowest BCUT2D eigenvalue weighted by atomic mass is 10.1. The highest BCUT2D eigenvalue weighted by molar-refractivity contribution is 7.71. The third-order valence-corrected chi connectivity index (χ3v) is 5.73. The van der Waals surface area contributed by atoms with Crippen LogP contribution in [0.4, 0.5) is 5.69 Å². The monoisotopic (exact) mass is 440 g/mol. The van der Waals surface area contributed by atoms with Crippen LogP contribution < -0.4 is 11.2 Å². The van der Waals surface area contributed by atoms with Crippen molar-refractivity contribution in [3.63, 3.8) is 0 Å². The predicted octanol–water partition coefficient (Wildman–Crippen LogP) is 4.02. The Kier molecular flexibility index (Phi) is 4.77. The zero-order chi connectivity index (χ0) is 22.2. The number of hydrogen-bond acceptors (Lipinski definition) is 4. The van der Waals surface area contributed by atoms with Crippen molar-refractivity contribution in [2.75, 3.05) is 0 Å². The molecule has 5 aromatic rings. The first-order valence-electron chi connectivity index (χ1n) is 9.84. The van der Waals surface area contributed by atoms with Crippen molar-refractivity contribution in [2.45, 2.75) is 13.1 Å². The van der Waals surface area contributed by atoms with Crippen molar-refractivity contribution < 1.29 is 0 Å². The third-order valence-electron chi connectivity index (χ3n) is 5.43. The van der Waals surface area contributed by atoms with E-state index in [2.05, 4.69) is 19.8 Å². The zero-order valence-corrected chi connectivity index (χ0v) is 17.5. The second-order valence-corrected chi connectivity index (χ2v) is 7.58. The van der Waals surface area contributed by atoms with Gasteiger partial charge in [-0.2, -0.15) is 0 Å². The molecule has 0 aliphatic rings. The second kappa shape index (κ2) is 7.76. The van der Waals surface area contributed by atoms with Crippen LogP contribution in [-0.2, 0) is 13.1 Å². The van der Waals surface area contributed by atoms with E-state index in [1.54, 1.807) is 24.3 Å². The Morgan fingerprint density at radius 3 is 2.50 bits per heavy atom. The van der Waals surface area contributed by atoms with Gasteiger partial charge in [-0.1, -0.05) is 54.7 Å². The topological polar surface area (TPSA) is 92.8 Å². The number of aromatic nitrogens is 5. The zero-order valence-electron chi connectivity index (χ0n) is 16.7. The lowest BCUT2D eigenvalue weighted by Gasteiger charge is -2.13. The minimum Gasteiger partial charge on any atom is -0.354 e. The van der Waals surface area contributed by atoms with Gasteiger partial charge >= 0.3 is 5.69 Å². The lowest BCUT2D eigenvalue weighted by Crippen LogP contribution is -2.36. The number of nitrogens with zero attached hydrogens (tertiary/aromatic N) is 4. The summed E-state index contributed by atoms with van der Waals surface area (Å²) in [6.07, 6.45) is 1.47. The quantitative estimate of drug-likeness (QED) is 0.326. The van der Waals surface area contributed by atoms with Crippen LogP contribution in [0.5, 0.6) is 0 Å². The van der Waals surface area contributed by atoms with Gasteiger partial charge in [0.25, 0.3) is 5.56 Å². The fraction of sp³-hybridized carbons (Fsp3) is 0.0870. The van der Waals surface area contributed by atoms with Crippen molar-refractivity contribution in [1.29, 1.82) is 0 Å². The molecule has 5 rings (SSSR count). The van der Waals surface area contributed by atoms with Gasteiger partial charge in [-0.3, -0.25) is 9.36 Å². The molecule has 3 heterocycles. The van der Waals surface area contributed by atoms with E-state index in [0.29, 0.717) is 38.0 Å². The Bertz CT molecular complexity index is 1700. The average Bonchev–Trinajstić information content (AvgIpc) is 3.14. The fourth-order valence-electron chi connectivity index (χ4n) is 4.00. The molecule has 0 amide bonds. The molecule has 8 nitrogen and oxygen atoms in total. The first kappa shape index (κ1) is 19.7. The van der Waals surface area contributed by atoms with Gasteiger partial charge < -0.3 is 14.5 Å². The molecule has 0 aliphatic heterocycles. The number of aryl methyl sites for hydroxylation is 1. The SMILES string of the molecule is [C-]#[N+]c1c(-c2ccccc2)n(CCn2c(=O)[nH]c3ccccc3c2=O)c2c(=S)nc[nH]c12. The molecule has 0 saturated heterocycles. The molecule has 0 unspecified atom stereocenters. The van der Waals surface area contributed by atoms with Gasteiger partial charge in [0.05, 0.1) is 40.5 Å². The largest absolute Gasteiger partial charge is 0.354 e. The third kappa shape index (κ3) is 3.05. The second-order valence-electron chi connectivity index (χ2n) is 7.19. The smallest absolute Gasteiger partial charge is 0.328 e. The molecule has 3 aromatic heterocycles. The summed E-state index contributed by atoms with van der Waals surface area (Å²) in [7, 11) is 0. The summed E-state index contributed by atoms with van der Waals surface area (Å²) in [5.41, 5.74) is 2.73. The molecule has 2 aromatic carbocycles. The van der Waals surface area contributed by atoms with Crippen molar-refractivity contribution in [1.82, 2.24) is 24.1 Å². The highest BCUT2D eigenvalue weighted by Gasteiger charge is 2.21. The number of para-hydroxylation sites is 1. The Morgan fingerprint density at radius 1 is 1.00 bits per heavy atom. The molecule has 0 spiro atoms. The lowest BCUT2D eigenvalue weighted by molar-refractivity contribution is 0.560. The van der Waals surface area contributed by atoms with E-state index >= 15 is 0 Å². The van der Waals surface area contributed by atoms with E-state index in [-0.39, 0.29) is 18.6 Å². The van der Waals surface area contributed by atoms with Gasteiger partial charge in [-0.05, 0) is 17.7 Å². The number of fused-ring (bicyclic) bond motifs is 2. The molecule has 0 bridgehead atoms. The first-order valence-corrected chi connectivity index (χ1v) is 10.3. The highest BCUT2D eigenvalue weighted by Crippen LogP contribution is 2.39. The van der Waals surface area contributed by atoms with Crippen LogP contribution in [0, 0.1) is 11.2 Å². The highest BCUT2D eigenvalue weighted by atomic mass is 32.1. The molecular weight excluding hydrogens is 424 g/mol. The molecule has 0 saturated carbocycles. The summed E-state index contributed by atoms with van der Waals surface area (Å²) >= 11 is 5.47. The van der Waals surface area contributed by atoms with Crippen molar-refractivity contribution in [3.8, 4) is 11.3 Å². The Hall–Kier alpha value is -4.29. The standard InChI is InChI=1S/C23H16N6O2S/c1-24-17-18-20(21(32)26-13-25-18)28(19(17)14-7-3-2-4-8-14)11-12-29-22(30)15-9-5-6-10-16(15)27-23(29)31/h2-10,13H,11-12H2,(H,27,31)(H,25,26,32). The minimum absolute atomic E-state index is 0.101. The van der Waals surface area contributed by atoms with Crippen molar-refractivity contribution in [3.05, 3.63) is 97.8 Å². The molecule has 9 heteroatoms. The summed E-state index contributed by atoms with van der Waals surface area (Å²) < 4.78 is 3.37. The number of H-pyrrole nitrogens is 2. The van der Waals surface area contributed by atoms with Crippen LogP contribution in [-0.4, -0.2) is 24.1 Å². The average molecular weight is 440 g/mol. The van der Waals surface area contributed by atoms with Crippen LogP contribution in [0.25, 0.3) is 38.0 Å². The molecule has 0 radical (unpaired) electrons. The molecule has 0 fully saturated rings. The maximum absolute atomic E-state index is 13.0. The molecule has 0 aliphatic carbocycles. The summed E-state index contributed by atoms with van der Waals surface area (Å²) in [6, 6.07) is 16.4. The first-order chi connectivity index (χ1) is 15.6. The number of aromatic amines is 2. The van der Waals surface area contributed by atoms with Crippen molar-refractivity contribution in [2.24, 2.45) is 0 Å². The van der Waals surface area contributed by atoms with Crippen LogP contribution in [0.3, 0.4) is 0 Å². The van der Waals surface area contributed by atoms with Gasteiger partial charge in [0, 0.05) is 13.1 Å². The van der Waals surface area contributed by atoms with E-state index in [4.69, 9.17) is 18.8 Å². The number of rotatable bonds is 4. The van der Waals surface area contributed by atoms with Crippen molar-refractivity contribution >= 4 is 39.8 Å². The molecule has 2 N–H and O–H groups in total. The van der Waals surface area contributed by atoms with Crippen LogP contribution in [0.15, 0.2) is 70.5 Å². The van der Waals surface area contributed by atoms with E-state index in [9.17, 15) is 9.59 Å². The Balaban J connectivity index is 1.72. The van der Waals surface area contributed by atoms with E-state index in [1.807, 2.05) is 34.9 Å². The van der Waals surface area contributed by atoms with E-state index < -0.39 is 5.69 Å². The minimum atomic E-state index is -0.486. The van der Waals surface area contributed by atoms with Crippen LogP contribution in [0.2, 0.25) is 0 Å². The van der Waals surface area contributed by atoms with Crippen LogP contribution >= 0.6 is 12.2 Å². The van der Waals surface area contributed by atoms with Gasteiger partial charge in [-0.25, -0.2) is 14.6 Å². The predicted molar refractivity (Wildman–Crippen MR) is 125 cm³/mol. The van der Waals surface area contributed by atoms with Gasteiger partial charge in [0.15, 0.2) is 4.64 Å². The maximum atomic E-state index is 13.0. The van der Waals surface area contributed by atoms with E-state index in [0.717, 1.165) is 5.56 Å². The summed E-state index contributed by atoms with van der Waals surface area (Å²) in [5.74, 6) is 0. The van der Waals surface area contributed by atoms with Crippen LogP contribution in [0.1, 0.15) is 0 Å². The van der Waals surface area contributed by atoms with Gasteiger partial charge in [0.2, 0.25) is 5.69 Å². The number of benzene rings is 2. The Labute approximate surface area is 186 Å².